The lowest BCUT2D eigenvalue weighted by Crippen LogP contribution is -2.26. The van der Waals surface area contributed by atoms with Gasteiger partial charge >= 0.3 is 0 Å². The maximum absolute atomic E-state index is 13.1. The molecule has 1 fully saturated rings. The third-order valence-corrected chi connectivity index (χ3v) is 4.87. The molecule has 1 atom stereocenters. The van der Waals surface area contributed by atoms with Crippen LogP contribution < -0.4 is 4.72 Å². The predicted octanol–water partition coefficient (Wildman–Crippen LogP) is 2.19. The van der Waals surface area contributed by atoms with Gasteiger partial charge in [0.2, 0.25) is 21.8 Å². The summed E-state index contributed by atoms with van der Waals surface area (Å²) in [6.45, 7) is 1.79. The number of nitrogens with zero attached hydrogens (tertiary/aromatic N) is 2. The average molecular weight is 323 g/mol. The minimum atomic E-state index is -3.37. The predicted molar refractivity (Wildman–Crippen MR) is 71.4 cm³/mol. The molecule has 1 N–H and O–H groups in total. The number of hydrogen-bond acceptors (Lipinski definition) is 5. The van der Waals surface area contributed by atoms with Gasteiger partial charge in [-0.15, -0.1) is 0 Å². The topological polar surface area (TPSA) is 85.1 Å². The highest BCUT2D eigenvalue weighted by atomic mass is 32.2. The Kier molecular flexibility index (Phi) is 4.92. The zero-order chi connectivity index (χ0) is 15.5. The molecule has 21 heavy (non-hydrogen) atoms. The number of nitrogens with one attached hydrogen (secondary N) is 1. The summed E-state index contributed by atoms with van der Waals surface area (Å²) in [5.74, 6) is -2.73. The molecule has 1 aliphatic rings. The van der Waals surface area contributed by atoms with E-state index in [-0.39, 0.29) is 36.9 Å². The van der Waals surface area contributed by atoms with E-state index in [4.69, 9.17) is 4.52 Å². The van der Waals surface area contributed by atoms with Crippen molar-refractivity contribution in [3.63, 3.8) is 0 Å². The van der Waals surface area contributed by atoms with Crippen LogP contribution in [0.5, 0.6) is 0 Å². The van der Waals surface area contributed by atoms with E-state index in [9.17, 15) is 17.2 Å². The molecule has 1 unspecified atom stereocenters. The van der Waals surface area contributed by atoms with Gasteiger partial charge in [0.05, 0.1) is 12.3 Å². The van der Waals surface area contributed by atoms with E-state index in [2.05, 4.69) is 14.9 Å². The minimum absolute atomic E-state index is 0.0410. The van der Waals surface area contributed by atoms with Crippen LogP contribution in [-0.2, 0) is 16.6 Å². The summed E-state index contributed by atoms with van der Waals surface area (Å²) >= 11 is 0. The molecule has 0 aliphatic heterocycles. The van der Waals surface area contributed by atoms with Crippen LogP contribution in [0.15, 0.2) is 4.52 Å². The molecule has 9 heteroatoms. The molecule has 0 bridgehead atoms. The maximum Gasteiger partial charge on any atom is 0.248 e. The Labute approximate surface area is 122 Å². The van der Waals surface area contributed by atoms with E-state index in [1.54, 1.807) is 0 Å². The van der Waals surface area contributed by atoms with Crippen LogP contribution in [0.4, 0.5) is 8.78 Å². The molecule has 1 heterocycles. The van der Waals surface area contributed by atoms with Crippen LogP contribution in [0, 0.1) is 0 Å². The third-order valence-electron chi connectivity index (χ3n) is 3.46. The summed E-state index contributed by atoms with van der Waals surface area (Å²) in [6, 6.07) is 0. The smallest absolute Gasteiger partial charge is 0.248 e. The van der Waals surface area contributed by atoms with Gasteiger partial charge in [0.15, 0.2) is 5.82 Å². The van der Waals surface area contributed by atoms with Crippen molar-refractivity contribution in [1.29, 1.82) is 0 Å². The first-order valence-electron chi connectivity index (χ1n) is 6.99. The molecule has 1 saturated carbocycles. The minimum Gasteiger partial charge on any atom is -0.338 e. The third kappa shape index (κ3) is 4.70. The van der Waals surface area contributed by atoms with Gasteiger partial charge < -0.3 is 4.52 Å². The van der Waals surface area contributed by atoms with E-state index in [1.807, 2.05) is 6.92 Å². The Bertz CT molecular complexity index is 574. The van der Waals surface area contributed by atoms with Crippen molar-refractivity contribution >= 4 is 10.0 Å². The van der Waals surface area contributed by atoms with Gasteiger partial charge in [0, 0.05) is 18.8 Å². The van der Waals surface area contributed by atoms with E-state index in [0.717, 1.165) is 6.42 Å². The quantitative estimate of drug-likeness (QED) is 0.831. The number of sulfonamides is 1. The Hall–Kier alpha value is -1.09. The van der Waals surface area contributed by atoms with Gasteiger partial charge in [-0.05, 0) is 12.8 Å². The first kappa shape index (κ1) is 16.3. The van der Waals surface area contributed by atoms with Crippen molar-refractivity contribution in [3.8, 4) is 0 Å². The fourth-order valence-electron chi connectivity index (χ4n) is 2.25. The van der Waals surface area contributed by atoms with Gasteiger partial charge in [0.25, 0.3) is 0 Å². The van der Waals surface area contributed by atoms with Crippen molar-refractivity contribution < 1.29 is 21.7 Å². The molecule has 1 aromatic rings. The second-order valence-electron chi connectivity index (χ2n) is 5.34. The molecule has 0 radical (unpaired) electrons. The van der Waals surface area contributed by atoms with Gasteiger partial charge in [-0.3, -0.25) is 0 Å². The first-order valence-corrected chi connectivity index (χ1v) is 8.64. The monoisotopic (exact) mass is 323 g/mol. The average Bonchev–Trinajstić information content (AvgIpc) is 3.00. The zero-order valence-corrected chi connectivity index (χ0v) is 12.6. The van der Waals surface area contributed by atoms with Crippen LogP contribution in [0.25, 0.3) is 0 Å². The number of halogens is 2. The normalized spacial score (nSPS) is 21.8. The molecule has 0 aromatic carbocycles. The Morgan fingerprint density at radius 2 is 2.24 bits per heavy atom. The van der Waals surface area contributed by atoms with Gasteiger partial charge in [-0.2, -0.15) is 4.98 Å². The Morgan fingerprint density at radius 1 is 1.48 bits per heavy atom. The van der Waals surface area contributed by atoms with Crippen LogP contribution >= 0.6 is 0 Å². The summed E-state index contributed by atoms with van der Waals surface area (Å²) in [5.41, 5.74) is 0. The molecule has 120 valence electrons. The number of aromatic nitrogens is 2. The first-order chi connectivity index (χ1) is 9.81. The number of hydrogen-bond donors (Lipinski definition) is 1. The van der Waals surface area contributed by atoms with Crippen molar-refractivity contribution in [2.24, 2.45) is 0 Å². The van der Waals surface area contributed by atoms with Gasteiger partial charge in [-0.1, -0.05) is 18.5 Å². The lowest BCUT2D eigenvalue weighted by molar-refractivity contribution is 0.00749. The molecule has 1 aromatic heterocycles. The Morgan fingerprint density at radius 3 is 2.86 bits per heavy atom. The molecule has 0 spiro atoms. The fraction of sp³-hybridized carbons (Fsp3) is 0.833. The van der Waals surface area contributed by atoms with E-state index in [0.29, 0.717) is 12.8 Å². The van der Waals surface area contributed by atoms with Crippen molar-refractivity contribution in [3.05, 3.63) is 11.7 Å². The summed E-state index contributed by atoms with van der Waals surface area (Å²) < 4.78 is 56.8. The maximum atomic E-state index is 13.1. The van der Waals surface area contributed by atoms with Crippen LogP contribution in [0.3, 0.4) is 0 Å². The number of alkyl halides is 2. The largest absolute Gasteiger partial charge is 0.338 e. The number of unbranched alkanes of at least 4 members (excludes halogenated alkanes) is 1. The molecular formula is C12H19F2N3O3S. The summed E-state index contributed by atoms with van der Waals surface area (Å²) in [5, 5.41) is 3.67. The van der Waals surface area contributed by atoms with Crippen molar-refractivity contribution in [1.82, 2.24) is 14.9 Å². The van der Waals surface area contributed by atoms with E-state index >= 15 is 0 Å². The van der Waals surface area contributed by atoms with Crippen LogP contribution in [0.1, 0.15) is 56.7 Å². The van der Waals surface area contributed by atoms with Crippen molar-refractivity contribution in [2.45, 2.75) is 57.4 Å². The molecule has 2 rings (SSSR count). The van der Waals surface area contributed by atoms with Crippen molar-refractivity contribution in [2.75, 3.05) is 5.75 Å². The fourth-order valence-corrected chi connectivity index (χ4v) is 3.41. The highest BCUT2D eigenvalue weighted by Gasteiger charge is 2.41. The van der Waals surface area contributed by atoms with Crippen LogP contribution in [-0.4, -0.2) is 30.2 Å². The molecular weight excluding hydrogens is 304 g/mol. The van der Waals surface area contributed by atoms with Crippen LogP contribution in [0.2, 0.25) is 0 Å². The van der Waals surface area contributed by atoms with Gasteiger partial charge in [-0.25, -0.2) is 21.9 Å². The summed E-state index contributed by atoms with van der Waals surface area (Å²) in [7, 11) is -3.37. The SMILES string of the molecule is CCCCS(=O)(=O)NCc1nc(C2CCC(F)(F)C2)no1. The highest BCUT2D eigenvalue weighted by molar-refractivity contribution is 7.89. The molecule has 1 aliphatic carbocycles. The summed E-state index contributed by atoms with van der Waals surface area (Å²) in [4.78, 5) is 4.00. The lowest BCUT2D eigenvalue weighted by atomic mass is 10.1. The highest BCUT2D eigenvalue weighted by Crippen LogP contribution is 2.43. The second-order valence-corrected chi connectivity index (χ2v) is 7.26. The Balaban J connectivity index is 1.89. The standard InChI is InChI=1S/C12H19F2N3O3S/c1-2-3-6-21(18,19)15-8-10-16-11(17-20-10)9-4-5-12(13,14)7-9/h9,15H,2-8H2,1H3. The molecule has 0 amide bonds. The second kappa shape index (κ2) is 6.35. The van der Waals surface area contributed by atoms with E-state index < -0.39 is 21.9 Å². The lowest BCUT2D eigenvalue weighted by Gasteiger charge is -2.06. The zero-order valence-electron chi connectivity index (χ0n) is 11.8. The summed E-state index contributed by atoms with van der Waals surface area (Å²) in [6.07, 6.45) is 1.21. The van der Waals surface area contributed by atoms with Gasteiger partial charge in [0.1, 0.15) is 0 Å². The molecule has 6 nitrogen and oxygen atoms in total. The van der Waals surface area contributed by atoms with E-state index in [1.165, 1.54) is 0 Å². The molecule has 0 saturated heterocycles. The number of rotatable bonds is 7.